The molecular weight excluding hydrogens is 266 g/mol. The molecule has 3 atom stereocenters. The van der Waals surface area contributed by atoms with Gasteiger partial charge in [-0.2, -0.15) is 8.42 Å². The number of hydrogen-bond acceptors (Lipinski definition) is 3. The second-order valence-corrected chi connectivity index (χ2v) is 7.79. The fourth-order valence-corrected chi connectivity index (χ4v) is 3.49. The van der Waals surface area contributed by atoms with Gasteiger partial charge >= 0.3 is 0 Å². The largest absolute Gasteiger partial charge is 0.340 e. The summed E-state index contributed by atoms with van der Waals surface area (Å²) in [5, 5.41) is 2.34. The summed E-state index contributed by atoms with van der Waals surface area (Å²) >= 11 is 0. The minimum atomic E-state index is -4.16. The Labute approximate surface area is 115 Å². The van der Waals surface area contributed by atoms with Crippen LogP contribution in [0.5, 0.6) is 0 Å². The van der Waals surface area contributed by atoms with Gasteiger partial charge < -0.3 is 5.32 Å². The minimum Gasteiger partial charge on any atom is -0.340 e. The first-order valence-electron chi connectivity index (χ1n) is 6.86. The van der Waals surface area contributed by atoms with E-state index in [-0.39, 0.29) is 5.91 Å². The molecule has 0 radical (unpaired) electrons. The van der Waals surface area contributed by atoms with Crippen LogP contribution >= 0.6 is 0 Å². The molecule has 1 rings (SSSR count). The zero-order valence-corrected chi connectivity index (χ0v) is 12.8. The van der Waals surface area contributed by atoms with Crippen molar-refractivity contribution in [1.82, 2.24) is 5.32 Å². The van der Waals surface area contributed by atoms with Crippen LogP contribution in [-0.4, -0.2) is 24.8 Å². The second-order valence-electron chi connectivity index (χ2n) is 6.34. The molecule has 0 aliphatic heterocycles. The van der Waals surface area contributed by atoms with Crippen LogP contribution in [0.4, 0.5) is 0 Å². The van der Waals surface area contributed by atoms with Gasteiger partial charge in [0.1, 0.15) is 5.88 Å². The SMILES string of the molecule is CC1CCCC(C)(C(=O)NCS(=O)(=O)O)C[C@@H](C)C1. The van der Waals surface area contributed by atoms with E-state index < -0.39 is 21.4 Å². The molecule has 0 heterocycles. The third kappa shape index (κ3) is 5.48. The smallest absolute Gasteiger partial charge is 0.283 e. The van der Waals surface area contributed by atoms with Crippen molar-refractivity contribution >= 4 is 16.0 Å². The highest BCUT2D eigenvalue weighted by Crippen LogP contribution is 2.38. The molecule has 1 fully saturated rings. The molecule has 1 amide bonds. The second kappa shape index (κ2) is 6.22. The highest BCUT2D eigenvalue weighted by molar-refractivity contribution is 7.85. The first kappa shape index (κ1) is 16.4. The van der Waals surface area contributed by atoms with E-state index in [4.69, 9.17) is 4.55 Å². The predicted octanol–water partition coefficient (Wildman–Crippen LogP) is 2.19. The van der Waals surface area contributed by atoms with Crippen molar-refractivity contribution in [3.8, 4) is 0 Å². The molecule has 0 saturated heterocycles. The Kier molecular flexibility index (Phi) is 5.38. The first-order valence-corrected chi connectivity index (χ1v) is 8.47. The number of hydrogen-bond donors (Lipinski definition) is 2. The third-order valence-electron chi connectivity index (χ3n) is 3.99. The van der Waals surface area contributed by atoms with Crippen LogP contribution in [-0.2, 0) is 14.9 Å². The van der Waals surface area contributed by atoms with Crippen LogP contribution in [0.2, 0.25) is 0 Å². The summed E-state index contributed by atoms with van der Waals surface area (Å²) in [6, 6.07) is 0. The number of carbonyl (C=O) groups is 1. The molecule has 2 N–H and O–H groups in total. The zero-order valence-electron chi connectivity index (χ0n) is 12.0. The van der Waals surface area contributed by atoms with Gasteiger partial charge in [-0.05, 0) is 31.1 Å². The summed E-state index contributed by atoms with van der Waals surface area (Å²) in [5.74, 6) is 0.149. The summed E-state index contributed by atoms with van der Waals surface area (Å²) in [6.07, 6.45) is 4.70. The maximum Gasteiger partial charge on any atom is 0.283 e. The molecule has 0 spiro atoms. The molecule has 1 aliphatic carbocycles. The fourth-order valence-electron chi connectivity index (χ4n) is 3.18. The lowest BCUT2D eigenvalue weighted by Gasteiger charge is -2.34. The van der Waals surface area contributed by atoms with Crippen molar-refractivity contribution in [2.75, 3.05) is 5.88 Å². The topological polar surface area (TPSA) is 83.5 Å². The lowest BCUT2D eigenvalue weighted by molar-refractivity contribution is -0.131. The summed E-state index contributed by atoms with van der Waals surface area (Å²) in [4.78, 5) is 12.2. The predicted molar refractivity (Wildman–Crippen MR) is 74.1 cm³/mol. The van der Waals surface area contributed by atoms with Gasteiger partial charge in [0.15, 0.2) is 0 Å². The van der Waals surface area contributed by atoms with Crippen molar-refractivity contribution in [2.45, 2.75) is 52.9 Å². The molecule has 0 aromatic heterocycles. The molecule has 0 aromatic carbocycles. The van der Waals surface area contributed by atoms with Gasteiger partial charge in [-0.25, -0.2) is 0 Å². The van der Waals surface area contributed by atoms with E-state index >= 15 is 0 Å². The molecule has 5 nitrogen and oxygen atoms in total. The maximum absolute atomic E-state index is 12.2. The Hall–Kier alpha value is -0.620. The number of nitrogens with one attached hydrogen (secondary N) is 1. The van der Waals surface area contributed by atoms with E-state index in [9.17, 15) is 13.2 Å². The summed E-state index contributed by atoms with van der Waals surface area (Å²) in [6.45, 7) is 6.26. The Morgan fingerprint density at radius 2 is 2.00 bits per heavy atom. The van der Waals surface area contributed by atoms with Crippen LogP contribution in [0, 0.1) is 17.3 Å². The van der Waals surface area contributed by atoms with E-state index in [2.05, 4.69) is 19.2 Å². The van der Waals surface area contributed by atoms with Gasteiger partial charge in [-0.15, -0.1) is 0 Å². The van der Waals surface area contributed by atoms with Crippen molar-refractivity contribution in [3.05, 3.63) is 0 Å². The normalized spacial score (nSPS) is 33.3. The van der Waals surface area contributed by atoms with Gasteiger partial charge in [0.25, 0.3) is 10.1 Å². The van der Waals surface area contributed by atoms with Crippen molar-refractivity contribution in [3.63, 3.8) is 0 Å². The Morgan fingerprint density at radius 1 is 1.37 bits per heavy atom. The Balaban J connectivity index is 2.69. The van der Waals surface area contributed by atoms with Crippen molar-refractivity contribution in [1.29, 1.82) is 0 Å². The van der Waals surface area contributed by atoms with E-state index in [1.54, 1.807) is 0 Å². The summed E-state index contributed by atoms with van der Waals surface area (Å²) in [5.41, 5.74) is -0.537. The first-order chi connectivity index (χ1) is 8.62. The summed E-state index contributed by atoms with van der Waals surface area (Å²) in [7, 11) is -4.16. The monoisotopic (exact) mass is 291 g/mol. The molecular formula is C13H25NO4S. The van der Waals surface area contributed by atoms with Gasteiger partial charge in [0, 0.05) is 5.41 Å². The lowest BCUT2D eigenvalue weighted by atomic mass is 9.72. The summed E-state index contributed by atoms with van der Waals surface area (Å²) < 4.78 is 30.1. The van der Waals surface area contributed by atoms with Gasteiger partial charge in [-0.3, -0.25) is 9.35 Å². The van der Waals surface area contributed by atoms with E-state index in [1.807, 2.05) is 6.92 Å². The molecule has 112 valence electrons. The Morgan fingerprint density at radius 3 is 2.58 bits per heavy atom. The van der Waals surface area contributed by atoms with Crippen LogP contribution in [0.25, 0.3) is 0 Å². The number of amides is 1. The fraction of sp³-hybridized carbons (Fsp3) is 0.923. The molecule has 2 unspecified atom stereocenters. The standard InChI is InChI=1S/C13H25NO4S/c1-10-5-4-6-13(3,8-11(2)7-10)12(15)14-9-19(16,17)18/h10-11H,4-9H2,1-3H3,(H,14,15)(H,16,17,18)/t10?,11-,13?/m0/s1. The van der Waals surface area contributed by atoms with Gasteiger partial charge in [0.05, 0.1) is 0 Å². The third-order valence-corrected chi connectivity index (χ3v) is 4.50. The Bertz CT molecular complexity index is 420. The maximum atomic E-state index is 12.2. The average Bonchev–Trinajstić information content (AvgIpc) is 2.22. The number of rotatable bonds is 3. The molecule has 6 heteroatoms. The highest BCUT2D eigenvalue weighted by Gasteiger charge is 2.36. The molecule has 1 saturated carbocycles. The minimum absolute atomic E-state index is 0.272. The van der Waals surface area contributed by atoms with Crippen molar-refractivity contribution < 1.29 is 17.8 Å². The van der Waals surface area contributed by atoms with Crippen LogP contribution in [0.1, 0.15) is 52.9 Å². The van der Waals surface area contributed by atoms with Crippen LogP contribution in [0.3, 0.4) is 0 Å². The van der Waals surface area contributed by atoms with Gasteiger partial charge in [-0.1, -0.05) is 33.6 Å². The molecule has 0 bridgehead atoms. The van der Waals surface area contributed by atoms with E-state index in [1.165, 1.54) is 0 Å². The van der Waals surface area contributed by atoms with Crippen LogP contribution < -0.4 is 5.32 Å². The van der Waals surface area contributed by atoms with Gasteiger partial charge in [0.2, 0.25) is 5.91 Å². The molecule has 19 heavy (non-hydrogen) atoms. The van der Waals surface area contributed by atoms with E-state index in [0.29, 0.717) is 11.8 Å². The zero-order chi connectivity index (χ0) is 14.7. The molecule has 0 aromatic rings. The highest BCUT2D eigenvalue weighted by atomic mass is 32.2. The quantitative estimate of drug-likeness (QED) is 0.781. The average molecular weight is 291 g/mol. The van der Waals surface area contributed by atoms with Crippen LogP contribution in [0.15, 0.2) is 0 Å². The number of carbonyl (C=O) groups excluding carboxylic acids is 1. The molecule has 1 aliphatic rings. The van der Waals surface area contributed by atoms with E-state index in [0.717, 1.165) is 32.1 Å². The lowest BCUT2D eigenvalue weighted by Crippen LogP contribution is -2.42. The van der Waals surface area contributed by atoms with Crippen molar-refractivity contribution in [2.24, 2.45) is 17.3 Å².